The van der Waals surface area contributed by atoms with Gasteiger partial charge in [0.15, 0.2) is 0 Å². The number of fused-ring (bicyclic) bond motifs is 4. The first-order valence-electron chi connectivity index (χ1n) is 13.4. The van der Waals surface area contributed by atoms with E-state index in [1.807, 2.05) is 0 Å². The lowest BCUT2D eigenvalue weighted by molar-refractivity contribution is 0.113. The van der Waals surface area contributed by atoms with Gasteiger partial charge in [-0.05, 0) is 86.9 Å². The van der Waals surface area contributed by atoms with Gasteiger partial charge in [-0.3, -0.25) is 4.99 Å². The van der Waals surface area contributed by atoms with E-state index in [0.29, 0.717) is 12.0 Å². The maximum atomic E-state index is 6.30. The zero-order valence-electron chi connectivity index (χ0n) is 20.3. The van der Waals surface area contributed by atoms with Crippen molar-refractivity contribution in [1.29, 1.82) is 0 Å². The molecule has 1 aliphatic heterocycles. The van der Waals surface area contributed by atoms with Gasteiger partial charge in [0.1, 0.15) is 0 Å². The molecule has 0 aromatic heterocycles. The molecular formula is C29H45N2-. The summed E-state index contributed by atoms with van der Waals surface area (Å²) in [6, 6.07) is 0.379. The molecule has 0 bridgehead atoms. The Kier molecular flexibility index (Phi) is 5.99. The Bertz CT molecular complexity index is 774. The monoisotopic (exact) mass is 421 g/mol. The molecule has 1 heterocycles. The molecular weight excluding hydrogens is 376 g/mol. The van der Waals surface area contributed by atoms with Crippen LogP contribution in [0.4, 0.5) is 0 Å². The first-order valence-corrected chi connectivity index (χ1v) is 13.4. The van der Waals surface area contributed by atoms with Gasteiger partial charge < -0.3 is 12.7 Å². The van der Waals surface area contributed by atoms with Gasteiger partial charge >= 0.3 is 0 Å². The highest BCUT2D eigenvalue weighted by Crippen LogP contribution is 2.62. The lowest BCUT2D eigenvalue weighted by Crippen LogP contribution is -2.39. The van der Waals surface area contributed by atoms with Crippen LogP contribution in [-0.4, -0.2) is 18.3 Å². The average molecular weight is 422 g/mol. The van der Waals surface area contributed by atoms with Crippen molar-refractivity contribution in [1.82, 2.24) is 0 Å². The van der Waals surface area contributed by atoms with Crippen LogP contribution >= 0.6 is 0 Å². The second kappa shape index (κ2) is 8.47. The van der Waals surface area contributed by atoms with Gasteiger partial charge in [0.2, 0.25) is 0 Å². The highest BCUT2D eigenvalue weighted by molar-refractivity contribution is 5.86. The number of nitrogens with two attached hydrogens (primary N) is 1. The standard InChI is InChI=1S/C29H45N2/c1-18(2)23-16-25(31-17-23)13-19(3)27-9-10-28-26-8-6-21-15-24(30)7-5-20(21)14-22(26)11-12-29(27,28)4/h5,8,18-19,21-24,27-28H,4,6-7,9-17,30H2,1-3H3/q-1. The van der Waals surface area contributed by atoms with Crippen molar-refractivity contribution >= 4 is 5.71 Å². The van der Waals surface area contributed by atoms with Crippen LogP contribution in [0, 0.1) is 53.8 Å². The summed E-state index contributed by atoms with van der Waals surface area (Å²) < 4.78 is 0. The molecule has 2 saturated carbocycles. The summed E-state index contributed by atoms with van der Waals surface area (Å²) in [5, 5.41) is 0. The minimum Gasteiger partial charge on any atom is -0.336 e. The highest BCUT2D eigenvalue weighted by Gasteiger charge is 2.49. The van der Waals surface area contributed by atoms with Gasteiger partial charge in [-0.2, -0.15) is 0 Å². The van der Waals surface area contributed by atoms with E-state index in [-0.39, 0.29) is 5.41 Å². The van der Waals surface area contributed by atoms with E-state index in [0.717, 1.165) is 48.5 Å². The lowest BCUT2D eigenvalue weighted by atomic mass is 9.58. The van der Waals surface area contributed by atoms with Crippen LogP contribution in [0.2, 0.25) is 0 Å². The molecule has 0 aromatic carbocycles. The second-order valence-corrected chi connectivity index (χ2v) is 12.4. The average Bonchev–Trinajstić information content (AvgIpc) is 3.28. The minimum absolute atomic E-state index is 0.263. The fourth-order valence-electron chi connectivity index (χ4n) is 8.24. The van der Waals surface area contributed by atoms with Crippen LogP contribution in [-0.2, 0) is 0 Å². The molecule has 4 aliphatic carbocycles. The number of aliphatic imine (C=N–C) groups is 1. The van der Waals surface area contributed by atoms with Crippen molar-refractivity contribution in [3.8, 4) is 0 Å². The topological polar surface area (TPSA) is 38.4 Å². The molecule has 5 rings (SSSR count). The summed E-state index contributed by atoms with van der Waals surface area (Å²) in [4.78, 5) is 4.97. The molecule has 8 unspecified atom stereocenters. The van der Waals surface area contributed by atoms with Crippen LogP contribution in [0.1, 0.15) is 85.0 Å². The van der Waals surface area contributed by atoms with Gasteiger partial charge in [-0.1, -0.05) is 62.8 Å². The third kappa shape index (κ3) is 4.00. The number of rotatable bonds is 4. The van der Waals surface area contributed by atoms with Crippen LogP contribution in [0.5, 0.6) is 0 Å². The predicted octanol–water partition coefficient (Wildman–Crippen LogP) is 6.77. The quantitative estimate of drug-likeness (QED) is 0.395. The number of hydrogen-bond acceptors (Lipinski definition) is 2. The van der Waals surface area contributed by atoms with E-state index in [1.54, 1.807) is 11.1 Å². The maximum Gasteiger partial charge on any atom is 0.0423 e. The second-order valence-electron chi connectivity index (χ2n) is 12.4. The van der Waals surface area contributed by atoms with E-state index < -0.39 is 0 Å². The predicted molar refractivity (Wildman–Crippen MR) is 132 cm³/mol. The van der Waals surface area contributed by atoms with Crippen LogP contribution < -0.4 is 5.73 Å². The molecule has 0 radical (unpaired) electrons. The zero-order valence-corrected chi connectivity index (χ0v) is 20.3. The molecule has 0 aromatic rings. The minimum atomic E-state index is 0.263. The zero-order chi connectivity index (χ0) is 21.8. The van der Waals surface area contributed by atoms with E-state index in [2.05, 4.69) is 32.9 Å². The number of allylic oxidation sites excluding steroid dienone is 3. The summed E-state index contributed by atoms with van der Waals surface area (Å²) in [5.41, 5.74) is 11.6. The van der Waals surface area contributed by atoms with E-state index in [9.17, 15) is 0 Å². The fraction of sp³-hybridized carbons (Fsp3) is 0.793. The first-order chi connectivity index (χ1) is 14.8. The van der Waals surface area contributed by atoms with Crippen molar-refractivity contribution in [2.24, 2.45) is 57.6 Å². The van der Waals surface area contributed by atoms with Crippen molar-refractivity contribution < 1.29 is 0 Å². The molecule has 2 fully saturated rings. The summed E-state index contributed by atoms with van der Waals surface area (Å²) in [6.45, 7) is 13.3. The van der Waals surface area contributed by atoms with E-state index in [4.69, 9.17) is 17.6 Å². The molecule has 0 saturated heterocycles. The molecule has 5 aliphatic rings. The number of hydrogen-bond donors (Lipinski definition) is 1. The smallest absolute Gasteiger partial charge is 0.0423 e. The largest absolute Gasteiger partial charge is 0.336 e. The normalized spacial score (nSPS) is 43.4. The van der Waals surface area contributed by atoms with Gasteiger partial charge in [0, 0.05) is 18.3 Å². The summed E-state index contributed by atoms with van der Waals surface area (Å²) in [7, 11) is 0. The van der Waals surface area contributed by atoms with Gasteiger partial charge in [-0.25, -0.2) is 0 Å². The molecule has 2 heteroatoms. The van der Waals surface area contributed by atoms with Gasteiger partial charge in [0.05, 0.1) is 0 Å². The van der Waals surface area contributed by atoms with Crippen LogP contribution in [0.15, 0.2) is 28.3 Å². The summed E-state index contributed by atoms with van der Waals surface area (Å²) >= 11 is 0. The van der Waals surface area contributed by atoms with Crippen molar-refractivity contribution in [3.05, 3.63) is 30.2 Å². The molecule has 31 heavy (non-hydrogen) atoms. The summed E-state index contributed by atoms with van der Waals surface area (Å²) in [5.74, 6) is 5.25. The Hall–Kier alpha value is -0.890. The molecule has 2 N–H and O–H groups in total. The molecule has 8 atom stereocenters. The lowest BCUT2D eigenvalue weighted by Gasteiger charge is -2.53. The third-order valence-electron chi connectivity index (χ3n) is 10.2. The van der Waals surface area contributed by atoms with Crippen LogP contribution in [0.3, 0.4) is 0 Å². The van der Waals surface area contributed by atoms with Crippen molar-refractivity contribution in [3.63, 3.8) is 0 Å². The Balaban J connectivity index is 1.29. The summed E-state index contributed by atoms with van der Waals surface area (Å²) in [6.07, 6.45) is 17.9. The van der Waals surface area contributed by atoms with Crippen LogP contribution in [0.25, 0.3) is 0 Å². The third-order valence-corrected chi connectivity index (χ3v) is 10.2. The van der Waals surface area contributed by atoms with Gasteiger partial charge in [-0.15, -0.1) is 5.41 Å². The Morgan fingerprint density at radius 2 is 1.94 bits per heavy atom. The SMILES string of the molecule is [CH2-]C12CCC3CC4=CCC(N)CC4CC=C3C1CCC2C(C)CC1=NCC(C(C)C)C1. The molecule has 2 nitrogen and oxygen atoms in total. The van der Waals surface area contributed by atoms with E-state index >= 15 is 0 Å². The highest BCUT2D eigenvalue weighted by atomic mass is 14.8. The maximum absolute atomic E-state index is 6.30. The fourth-order valence-corrected chi connectivity index (χ4v) is 8.24. The molecule has 0 amide bonds. The Morgan fingerprint density at radius 3 is 2.71 bits per heavy atom. The first kappa shape index (κ1) is 21.9. The molecule has 172 valence electrons. The van der Waals surface area contributed by atoms with Crippen molar-refractivity contribution in [2.75, 3.05) is 6.54 Å². The number of nitrogens with zero attached hydrogens (tertiary/aromatic N) is 1. The van der Waals surface area contributed by atoms with Crippen molar-refractivity contribution in [2.45, 2.75) is 91.0 Å². The van der Waals surface area contributed by atoms with Gasteiger partial charge in [0.25, 0.3) is 0 Å². The Morgan fingerprint density at radius 1 is 1.10 bits per heavy atom. The van der Waals surface area contributed by atoms with E-state index in [1.165, 1.54) is 63.5 Å². The molecule has 0 spiro atoms. The Labute approximate surface area is 191 Å².